The van der Waals surface area contributed by atoms with E-state index in [-0.39, 0.29) is 0 Å². The lowest BCUT2D eigenvalue weighted by Gasteiger charge is -2.01. The van der Waals surface area contributed by atoms with Crippen molar-refractivity contribution in [2.24, 2.45) is 0 Å². The van der Waals surface area contributed by atoms with E-state index in [1.807, 2.05) is 0 Å². The molecule has 2 heterocycles. The molecule has 2 rings (SSSR count). The van der Waals surface area contributed by atoms with Crippen LogP contribution < -0.4 is 0 Å². The quantitative estimate of drug-likeness (QED) is 0.698. The van der Waals surface area contributed by atoms with Crippen LogP contribution >= 0.6 is 0 Å². The first kappa shape index (κ1) is 7.31. The molecule has 0 saturated carbocycles. The number of aromatic nitrogens is 1. The molecule has 1 atom stereocenters. The molecular formula is C9H9NO2. The van der Waals surface area contributed by atoms with Crippen molar-refractivity contribution in [1.29, 1.82) is 0 Å². The molecule has 2 aromatic heterocycles. The largest absolute Gasteiger partial charge is 0.463 e. The molecule has 0 amide bonds. The zero-order valence-corrected chi connectivity index (χ0v) is 6.69. The van der Waals surface area contributed by atoms with E-state index in [4.69, 9.17) is 4.42 Å². The van der Waals surface area contributed by atoms with Crippen LogP contribution in [0.3, 0.4) is 0 Å². The summed E-state index contributed by atoms with van der Waals surface area (Å²) in [5.74, 6) is 0. The third kappa shape index (κ3) is 1.08. The monoisotopic (exact) mass is 163 g/mol. The SMILES string of the molecule is CC(O)c1cnc2ccoc2c1. The summed E-state index contributed by atoms with van der Waals surface area (Å²) in [6.07, 6.45) is 2.75. The Labute approximate surface area is 69.7 Å². The highest BCUT2D eigenvalue weighted by Gasteiger charge is 2.03. The summed E-state index contributed by atoms with van der Waals surface area (Å²) in [5.41, 5.74) is 2.31. The fourth-order valence-electron chi connectivity index (χ4n) is 1.09. The van der Waals surface area contributed by atoms with E-state index in [9.17, 15) is 5.11 Å². The molecule has 1 N–H and O–H groups in total. The van der Waals surface area contributed by atoms with Crippen LogP contribution in [-0.4, -0.2) is 10.1 Å². The maximum Gasteiger partial charge on any atom is 0.152 e. The van der Waals surface area contributed by atoms with Crippen molar-refractivity contribution < 1.29 is 9.52 Å². The minimum atomic E-state index is -0.494. The fraction of sp³-hybridized carbons (Fsp3) is 0.222. The van der Waals surface area contributed by atoms with Gasteiger partial charge in [0.15, 0.2) is 5.58 Å². The van der Waals surface area contributed by atoms with Crippen LogP contribution in [0.15, 0.2) is 29.0 Å². The van der Waals surface area contributed by atoms with Gasteiger partial charge in [-0.15, -0.1) is 0 Å². The van der Waals surface area contributed by atoms with E-state index >= 15 is 0 Å². The van der Waals surface area contributed by atoms with Crippen LogP contribution in [-0.2, 0) is 0 Å². The predicted octanol–water partition coefficient (Wildman–Crippen LogP) is 1.88. The van der Waals surface area contributed by atoms with Crippen LogP contribution in [0.25, 0.3) is 11.1 Å². The van der Waals surface area contributed by atoms with Gasteiger partial charge in [-0.25, -0.2) is 0 Å². The minimum absolute atomic E-state index is 0.494. The lowest BCUT2D eigenvalue weighted by molar-refractivity contribution is 0.199. The number of furan rings is 1. The molecule has 0 aliphatic heterocycles. The van der Waals surface area contributed by atoms with Crippen molar-refractivity contribution in [1.82, 2.24) is 4.98 Å². The first-order valence-electron chi connectivity index (χ1n) is 3.78. The summed E-state index contributed by atoms with van der Waals surface area (Å²) >= 11 is 0. The van der Waals surface area contributed by atoms with Gasteiger partial charge >= 0.3 is 0 Å². The Kier molecular flexibility index (Phi) is 1.59. The zero-order chi connectivity index (χ0) is 8.55. The molecule has 1 unspecified atom stereocenters. The average Bonchev–Trinajstić information content (AvgIpc) is 2.49. The molecule has 0 aromatic carbocycles. The number of pyridine rings is 1. The van der Waals surface area contributed by atoms with Crippen LogP contribution in [0.2, 0.25) is 0 Å². The van der Waals surface area contributed by atoms with Gasteiger partial charge in [-0.3, -0.25) is 4.98 Å². The van der Waals surface area contributed by atoms with Crippen LogP contribution in [0.1, 0.15) is 18.6 Å². The second kappa shape index (κ2) is 2.60. The summed E-state index contributed by atoms with van der Waals surface area (Å²) in [4.78, 5) is 4.11. The van der Waals surface area contributed by atoms with E-state index < -0.39 is 6.10 Å². The van der Waals surface area contributed by atoms with E-state index in [0.29, 0.717) is 5.58 Å². The fourth-order valence-corrected chi connectivity index (χ4v) is 1.09. The number of fused-ring (bicyclic) bond motifs is 1. The highest BCUT2D eigenvalue weighted by atomic mass is 16.3. The van der Waals surface area contributed by atoms with Crippen molar-refractivity contribution in [3.05, 3.63) is 30.2 Å². The molecule has 0 saturated heterocycles. The molecular weight excluding hydrogens is 154 g/mol. The van der Waals surface area contributed by atoms with Crippen LogP contribution in [0.5, 0.6) is 0 Å². The Hall–Kier alpha value is -1.35. The maximum absolute atomic E-state index is 9.24. The van der Waals surface area contributed by atoms with Gasteiger partial charge in [0, 0.05) is 17.8 Å². The minimum Gasteiger partial charge on any atom is -0.463 e. The number of aliphatic hydroxyl groups is 1. The molecule has 12 heavy (non-hydrogen) atoms. The average molecular weight is 163 g/mol. The first-order chi connectivity index (χ1) is 5.77. The second-order valence-electron chi connectivity index (χ2n) is 2.75. The van der Waals surface area contributed by atoms with Gasteiger partial charge in [0.05, 0.1) is 12.4 Å². The second-order valence-corrected chi connectivity index (χ2v) is 2.75. The molecule has 0 fully saturated rings. The van der Waals surface area contributed by atoms with Crippen LogP contribution in [0.4, 0.5) is 0 Å². The molecule has 3 heteroatoms. The van der Waals surface area contributed by atoms with Gasteiger partial charge in [0.25, 0.3) is 0 Å². The van der Waals surface area contributed by atoms with Crippen molar-refractivity contribution in [2.45, 2.75) is 13.0 Å². The molecule has 0 aliphatic rings. The van der Waals surface area contributed by atoms with Crippen molar-refractivity contribution >= 4 is 11.1 Å². The topological polar surface area (TPSA) is 46.3 Å². The van der Waals surface area contributed by atoms with Gasteiger partial charge in [0.1, 0.15) is 5.52 Å². The van der Waals surface area contributed by atoms with E-state index in [2.05, 4.69) is 4.98 Å². The smallest absolute Gasteiger partial charge is 0.152 e. The molecule has 62 valence electrons. The normalized spacial score (nSPS) is 13.5. The number of rotatable bonds is 1. The summed E-state index contributed by atoms with van der Waals surface area (Å²) in [7, 11) is 0. The Balaban J connectivity index is 2.60. The number of nitrogens with zero attached hydrogens (tertiary/aromatic N) is 1. The predicted molar refractivity (Wildman–Crippen MR) is 44.6 cm³/mol. The summed E-state index contributed by atoms with van der Waals surface area (Å²) in [6.45, 7) is 1.70. The number of hydrogen-bond donors (Lipinski definition) is 1. The standard InChI is InChI=1S/C9H9NO2/c1-6(11)7-4-9-8(10-5-7)2-3-12-9/h2-6,11H,1H3. The van der Waals surface area contributed by atoms with Gasteiger partial charge in [-0.1, -0.05) is 0 Å². The lowest BCUT2D eigenvalue weighted by Crippen LogP contribution is -1.90. The molecule has 0 radical (unpaired) electrons. The van der Waals surface area contributed by atoms with E-state index in [1.54, 1.807) is 31.5 Å². The molecule has 0 spiro atoms. The summed E-state index contributed by atoms with van der Waals surface area (Å²) in [5, 5.41) is 9.24. The third-order valence-corrected chi connectivity index (χ3v) is 1.81. The molecule has 0 aliphatic carbocycles. The third-order valence-electron chi connectivity index (χ3n) is 1.81. The number of hydrogen-bond acceptors (Lipinski definition) is 3. The van der Waals surface area contributed by atoms with Gasteiger partial charge in [-0.05, 0) is 13.0 Å². The van der Waals surface area contributed by atoms with Gasteiger partial charge in [-0.2, -0.15) is 0 Å². The summed E-state index contributed by atoms with van der Waals surface area (Å²) in [6, 6.07) is 3.59. The Morgan fingerprint density at radius 2 is 2.42 bits per heavy atom. The first-order valence-corrected chi connectivity index (χ1v) is 3.78. The molecule has 2 aromatic rings. The van der Waals surface area contributed by atoms with E-state index in [1.165, 1.54) is 0 Å². The lowest BCUT2D eigenvalue weighted by atomic mass is 10.2. The molecule has 3 nitrogen and oxygen atoms in total. The van der Waals surface area contributed by atoms with Crippen LogP contribution in [0, 0.1) is 0 Å². The van der Waals surface area contributed by atoms with Gasteiger partial charge in [0.2, 0.25) is 0 Å². The highest BCUT2D eigenvalue weighted by Crippen LogP contribution is 2.18. The molecule has 0 bridgehead atoms. The Bertz CT molecular complexity index is 392. The van der Waals surface area contributed by atoms with Crippen molar-refractivity contribution in [2.75, 3.05) is 0 Å². The van der Waals surface area contributed by atoms with E-state index in [0.717, 1.165) is 11.1 Å². The maximum atomic E-state index is 9.24. The van der Waals surface area contributed by atoms with Crippen molar-refractivity contribution in [3.63, 3.8) is 0 Å². The Morgan fingerprint density at radius 1 is 1.58 bits per heavy atom. The number of aliphatic hydroxyl groups excluding tert-OH is 1. The highest BCUT2D eigenvalue weighted by molar-refractivity contribution is 5.72. The zero-order valence-electron chi connectivity index (χ0n) is 6.69. The van der Waals surface area contributed by atoms with Gasteiger partial charge < -0.3 is 9.52 Å². The van der Waals surface area contributed by atoms with Crippen molar-refractivity contribution in [3.8, 4) is 0 Å². The summed E-state index contributed by atoms with van der Waals surface area (Å²) < 4.78 is 5.14. The Morgan fingerprint density at radius 3 is 3.17 bits per heavy atom.